The highest BCUT2D eigenvalue weighted by molar-refractivity contribution is 6.30. The minimum atomic E-state index is 0.570. The highest BCUT2D eigenvalue weighted by atomic mass is 35.5. The zero-order valence-electron chi connectivity index (χ0n) is 8.60. The summed E-state index contributed by atoms with van der Waals surface area (Å²) in [6, 6.07) is 8.41. The van der Waals surface area contributed by atoms with Crippen LogP contribution in [0.3, 0.4) is 0 Å². The monoisotopic (exact) mass is 231 g/mol. The predicted molar refractivity (Wildman–Crippen MR) is 63.4 cm³/mol. The normalized spacial score (nSPS) is 13.9. The highest BCUT2D eigenvalue weighted by Gasteiger charge is 2.19. The van der Waals surface area contributed by atoms with Crippen LogP contribution in [0.15, 0.2) is 36.7 Å². The number of anilines is 1. The van der Waals surface area contributed by atoms with Crippen LogP contribution in [-0.2, 0) is 13.1 Å². The third kappa shape index (κ3) is 1.63. The summed E-state index contributed by atoms with van der Waals surface area (Å²) >= 11 is 5.76. The molecule has 0 unspecified atom stereocenters. The van der Waals surface area contributed by atoms with Crippen molar-refractivity contribution in [3.8, 4) is 0 Å². The third-order valence-electron chi connectivity index (χ3n) is 2.73. The van der Waals surface area contributed by atoms with Crippen molar-refractivity contribution in [3.05, 3.63) is 52.8 Å². The number of nitrogens with zero attached hydrogens (tertiary/aromatic N) is 3. The third-order valence-corrected chi connectivity index (χ3v) is 2.93. The molecule has 2 heterocycles. The molecule has 0 saturated heterocycles. The minimum Gasteiger partial charge on any atom is -0.332 e. The Labute approximate surface area is 98.7 Å². The minimum absolute atomic E-state index is 0.570. The second-order valence-corrected chi connectivity index (χ2v) is 4.26. The zero-order chi connectivity index (χ0) is 11.0. The van der Waals surface area contributed by atoms with Gasteiger partial charge in [-0.25, -0.2) is 9.97 Å². The number of hydrogen-bond donors (Lipinski definition) is 0. The summed E-state index contributed by atoms with van der Waals surface area (Å²) < 4.78 is 0. The Bertz CT molecular complexity index is 485. The largest absolute Gasteiger partial charge is 0.332 e. The molecule has 1 aliphatic rings. The van der Waals surface area contributed by atoms with Crippen molar-refractivity contribution in [1.29, 1.82) is 0 Å². The molecule has 1 aromatic carbocycles. The summed E-state index contributed by atoms with van der Waals surface area (Å²) in [5.74, 6) is 0.737. The topological polar surface area (TPSA) is 29.0 Å². The van der Waals surface area contributed by atoms with Crippen LogP contribution in [0.1, 0.15) is 11.1 Å². The van der Waals surface area contributed by atoms with Gasteiger partial charge >= 0.3 is 0 Å². The summed E-state index contributed by atoms with van der Waals surface area (Å²) in [4.78, 5) is 10.6. The van der Waals surface area contributed by atoms with E-state index in [4.69, 9.17) is 11.6 Å². The summed E-state index contributed by atoms with van der Waals surface area (Å²) in [6.45, 7) is 1.75. The molecule has 0 bridgehead atoms. The van der Waals surface area contributed by atoms with Crippen molar-refractivity contribution in [2.75, 3.05) is 4.90 Å². The lowest BCUT2D eigenvalue weighted by molar-refractivity contribution is 0.828. The molecule has 80 valence electrons. The molecule has 3 rings (SSSR count). The van der Waals surface area contributed by atoms with Crippen LogP contribution in [0.25, 0.3) is 0 Å². The van der Waals surface area contributed by atoms with Crippen molar-refractivity contribution in [1.82, 2.24) is 9.97 Å². The lowest BCUT2D eigenvalue weighted by Crippen LogP contribution is -2.17. The number of benzene rings is 1. The van der Waals surface area contributed by atoms with Crippen molar-refractivity contribution >= 4 is 17.5 Å². The van der Waals surface area contributed by atoms with E-state index in [1.807, 2.05) is 0 Å². The van der Waals surface area contributed by atoms with Crippen LogP contribution in [0.2, 0.25) is 5.02 Å². The molecule has 0 amide bonds. The molecule has 0 spiro atoms. The summed E-state index contributed by atoms with van der Waals surface area (Å²) in [5, 5.41) is 0.570. The van der Waals surface area contributed by atoms with Gasteiger partial charge in [-0.1, -0.05) is 35.9 Å². The van der Waals surface area contributed by atoms with E-state index in [1.165, 1.54) is 11.1 Å². The van der Waals surface area contributed by atoms with Crippen molar-refractivity contribution in [2.45, 2.75) is 13.1 Å². The van der Waals surface area contributed by atoms with Gasteiger partial charge in [0.1, 0.15) is 0 Å². The maximum Gasteiger partial charge on any atom is 0.225 e. The van der Waals surface area contributed by atoms with Gasteiger partial charge in [0, 0.05) is 13.1 Å². The Morgan fingerprint density at radius 2 is 1.56 bits per heavy atom. The van der Waals surface area contributed by atoms with Gasteiger partial charge in [0.25, 0.3) is 0 Å². The number of hydrogen-bond acceptors (Lipinski definition) is 3. The molecule has 1 aromatic heterocycles. The van der Waals surface area contributed by atoms with Crippen LogP contribution in [0.5, 0.6) is 0 Å². The van der Waals surface area contributed by atoms with Crippen LogP contribution in [0.4, 0.5) is 5.95 Å². The Balaban J connectivity index is 1.88. The van der Waals surface area contributed by atoms with E-state index < -0.39 is 0 Å². The van der Waals surface area contributed by atoms with Gasteiger partial charge in [0.05, 0.1) is 17.4 Å². The lowest BCUT2D eigenvalue weighted by atomic mass is 10.1. The second kappa shape index (κ2) is 3.76. The SMILES string of the molecule is Clc1cnc(N2Cc3ccccc3C2)nc1. The van der Waals surface area contributed by atoms with Crippen molar-refractivity contribution in [2.24, 2.45) is 0 Å². The molecular formula is C12H10ClN3. The molecule has 1 aliphatic heterocycles. The highest BCUT2D eigenvalue weighted by Crippen LogP contribution is 2.25. The molecule has 0 radical (unpaired) electrons. The predicted octanol–water partition coefficient (Wildman–Crippen LogP) is 2.65. The van der Waals surface area contributed by atoms with E-state index >= 15 is 0 Å². The first-order chi connectivity index (χ1) is 7.83. The quantitative estimate of drug-likeness (QED) is 0.756. The van der Waals surface area contributed by atoms with Crippen LogP contribution < -0.4 is 4.90 Å². The molecule has 2 aromatic rings. The molecule has 0 aliphatic carbocycles. The molecule has 0 N–H and O–H groups in total. The van der Waals surface area contributed by atoms with Crippen LogP contribution in [0, 0.1) is 0 Å². The summed E-state index contributed by atoms with van der Waals surface area (Å²) in [5.41, 5.74) is 2.70. The second-order valence-electron chi connectivity index (χ2n) is 3.83. The van der Waals surface area contributed by atoms with Gasteiger partial charge in [-0.2, -0.15) is 0 Å². The summed E-state index contributed by atoms with van der Waals surface area (Å²) in [6.07, 6.45) is 3.26. The van der Waals surface area contributed by atoms with E-state index in [0.29, 0.717) is 5.02 Å². The van der Waals surface area contributed by atoms with E-state index in [0.717, 1.165) is 19.0 Å². The van der Waals surface area contributed by atoms with Crippen molar-refractivity contribution in [3.63, 3.8) is 0 Å². The lowest BCUT2D eigenvalue weighted by Gasteiger charge is -2.14. The van der Waals surface area contributed by atoms with Gasteiger partial charge in [0.2, 0.25) is 5.95 Å². The molecule has 0 fully saturated rings. The van der Waals surface area contributed by atoms with Crippen LogP contribution in [-0.4, -0.2) is 9.97 Å². The van der Waals surface area contributed by atoms with E-state index in [9.17, 15) is 0 Å². The van der Waals surface area contributed by atoms with Gasteiger partial charge in [-0.3, -0.25) is 0 Å². The number of aromatic nitrogens is 2. The van der Waals surface area contributed by atoms with Gasteiger partial charge in [-0.15, -0.1) is 0 Å². The average Bonchev–Trinajstić information content (AvgIpc) is 2.73. The smallest absolute Gasteiger partial charge is 0.225 e. The molecule has 16 heavy (non-hydrogen) atoms. The van der Waals surface area contributed by atoms with Gasteiger partial charge in [-0.05, 0) is 11.1 Å². The molecule has 3 nitrogen and oxygen atoms in total. The number of fused-ring (bicyclic) bond motifs is 1. The first-order valence-electron chi connectivity index (χ1n) is 5.12. The first-order valence-corrected chi connectivity index (χ1v) is 5.50. The fourth-order valence-electron chi connectivity index (χ4n) is 1.94. The Morgan fingerprint density at radius 3 is 2.12 bits per heavy atom. The number of rotatable bonds is 1. The fourth-order valence-corrected chi connectivity index (χ4v) is 2.04. The molecular weight excluding hydrogens is 222 g/mol. The maximum atomic E-state index is 5.76. The summed E-state index contributed by atoms with van der Waals surface area (Å²) in [7, 11) is 0. The molecule has 0 atom stereocenters. The Morgan fingerprint density at radius 1 is 1.00 bits per heavy atom. The molecule has 0 saturated carbocycles. The first kappa shape index (κ1) is 9.60. The standard InChI is InChI=1S/C12H10ClN3/c13-11-5-14-12(15-6-11)16-7-9-3-1-2-4-10(9)8-16/h1-6H,7-8H2. The van der Waals surface area contributed by atoms with E-state index in [-0.39, 0.29) is 0 Å². The number of halogens is 1. The Kier molecular flexibility index (Phi) is 2.26. The van der Waals surface area contributed by atoms with Gasteiger partial charge in [0.15, 0.2) is 0 Å². The average molecular weight is 232 g/mol. The Hall–Kier alpha value is -1.61. The van der Waals surface area contributed by atoms with Crippen LogP contribution >= 0.6 is 11.6 Å². The molecule has 4 heteroatoms. The maximum absolute atomic E-state index is 5.76. The zero-order valence-corrected chi connectivity index (χ0v) is 9.35. The van der Waals surface area contributed by atoms with Gasteiger partial charge < -0.3 is 4.90 Å². The van der Waals surface area contributed by atoms with Crippen molar-refractivity contribution < 1.29 is 0 Å². The van der Waals surface area contributed by atoms with E-state index in [1.54, 1.807) is 12.4 Å². The fraction of sp³-hybridized carbons (Fsp3) is 0.167. The van der Waals surface area contributed by atoms with E-state index in [2.05, 4.69) is 39.1 Å².